The van der Waals surface area contributed by atoms with Crippen LogP contribution in [-0.2, 0) is 0 Å². The Labute approximate surface area is 82.3 Å². The molecule has 2 unspecified atom stereocenters. The first-order valence-electron chi connectivity index (χ1n) is 6.13. The van der Waals surface area contributed by atoms with Crippen molar-refractivity contribution in [1.82, 2.24) is 5.32 Å². The minimum Gasteiger partial charge on any atom is -0.314 e. The summed E-state index contributed by atoms with van der Waals surface area (Å²) in [6, 6.07) is 0.851. The van der Waals surface area contributed by atoms with Crippen molar-refractivity contribution in [3.05, 3.63) is 0 Å². The predicted molar refractivity (Wildman–Crippen MR) is 56.8 cm³/mol. The van der Waals surface area contributed by atoms with E-state index in [2.05, 4.69) is 12.2 Å². The Hall–Kier alpha value is -0.0400. The molecule has 13 heavy (non-hydrogen) atoms. The average Bonchev–Trinajstić information content (AvgIpc) is 2.18. The molecule has 0 saturated heterocycles. The van der Waals surface area contributed by atoms with Gasteiger partial charge in [0.25, 0.3) is 0 Å². The predicted octanol–water partition coefficient (Wildman–Crippen LogP) is 2.95. The molecule has 2 saturated carbocycles. The highest BCUT2D eigenvalue weighted by atomic mass is 14.9. The second-order valence-electron chi connectivity index (χ2n) is 4.87. The molecule has 1 heteroatoms. The molecule has 0 aromatic rings. The molecule has 76 valence electrons. The van der Waals surface area contributed by atoms with E-state index in [9.17, 15) is 0 Å². The Morgan fingerprint density at radius 1 is 1.00 bits per heavy atom. The van der Waals surface area contributed by atoms with Gasteiger partial charge in [-0.05, 0) is 37.6 Å². The molecular formula is C12H23N. The Balaban J connectivity index is 1.84. The quantitative estimate of drug-likeness (QED) is 0.690. The number of nitrogens with one attached hydrogen (secondary N) is 1. The van der Waals surface area contributed by atoms with Crippen LogP contribution in [-0.4, -0.2) is 12.6 Å². The lowest BCUT2D eigenvalue weighted by molar-refractivity contribution is 0.144. The topological polar surface area (TPSA) is 12.0 Å². The van der Waals surface area contributed by atoms with Crippen molar-refractivity contribution in [2.75, 3.05) is 6.54 Å². The van der Waals surface area contributed by atoms with E-state index >= 15 is 0 Å². The third-order valence-electron chi connectivity index (χ3n) is 4.03. The van der Waals surface area contributed by atoms with Crippen LogP contribution in [0.3, 0.4) is 0 Å². The standard InChI is InChI=1S/C12H23N/c1-2-13-12-8-7-10-5-3-4-6-11(10)9-12/h10-13H,2-9H2,1H3/t10?,11?,12-/m1/s1. The van der Waals surface area contributed by atoms with E-state index in [1.165, 1.54) is 44.9 Å². The molecule has 2 rings (SSSR count). The summed E-state index contributed by atoms with van der Waals surface area (Å²) in [5, 5.41) is 3.62. The van der Waals surface area contributed by atoms with Crippen LogP contribution in [0, 0.1) is 11.8 Å². The maximum absolute atomic E-state index is 3.62. The minimum absolute atomic E-state index is 0.851. The van der Waals surface area contributed by atoms with E-state index in [1.807, 2.05) is 0 Å². The second-order valence-corrected chi connectivity index (χ2v) is 4.87. The van der Waals surface area contributed by atoms with Gasteiger partial charge in [0.1, 0.15) is 0 Å². The lowest BCUT2D eigenvalue weighted by Crippen LogP contribution is -2.38. The number of rotatable bonds is 2. The summed E-state index contributed by atoms with van der Waals surface area (Å²) in [6.07, 6.45) is 10.5. The Bertz CT molecular complexity index is 155. The van der Waals surface area contributed by atoms with Crippen LogP contribution in [0.5, 0.6) is 0 Å². The van der Waals surface area contributed by atoms with Gasteiger partial charge in [-0.3, -0.25) is 0 Å². The highest BCUT2D eigenvalue weighted by molar-refractivity contribution is 4.85. The highest BCUT2D eigenvalue weighted by Gasteiger charge is 2.31. The molecule has 2 fully saturated rings. The maximum atomic E-state index is 3.62. The SMILES string of the molecule is CCN[C@@H]1CCC2CCCCC2C1. The monoisotopic (exact) mass is 181 g/mol. The van der Waals surface area contributed by atoms with Gasteiger partial charge in [-0.15, -0.1) is 0 Å². The van der Waals surface area contributed by atoms with E-state index in [4.69, 9.17) is 0 Å². The molecule has 0 spiro atoms. The van der Waals surface area contributed by atoms with Gasteiger partial charge in [-0.2, -0.15) is 0 Å². The fraction of sp³-hybridized carbons (Fsp3) is 1.00. The molecule has 1 nitrogen and oxygen atoms in total. The molecule has 3 atom stereocenters. The molecule has 0 bridgehead atoms. The van der Waals surface area contributed by atoms with E-state index in [1.54, 1.807) is 0 Å². The van der Waals surface area contributed by atoms with Crippen molar-refractivity contribution in [2.24, 2.45) is 11.8 Å². The normalized spacial score (nSPS) is 39.9. The van der Waals surface area contributed by atoms with Crippen molar-refractivity contribution in [3.8, 4) is 0 Å². The lowest BCUT2D eigenvalue weighted by atomic mass is 9.69. The van der Waals surface area contributed by atoms with E-state index in [0.717, 1.165) is 24.4 Å². The fourth-order valence-electron chi connectivity index (χ4n) is 3.35. The smallest absolute Gasteiger partial charge is 0.00697 e. The van der Waals surface area contributed by atoms with Crippen molar-refractivity contribution in [3.63, 3.8) is 0 Å². The number of hydrogen-bond donors (Lipinski definition) is 1. The van der Waals surface area contributed by atoms with Crippen molar-refractivity contribution in [1.29, 1.82) is 0 Å². The zero-order valence-corrected chi connectivity index (χ0v) is 8.89. The van der Waals surface area contributed by atoms with Gasteiger partial charge < -0.3 is 5.32 Å². The molecule has 0 heterocycles. The zero-order valence-electron chi connectivity index (χ0n) is 8.89. The molecule has 0 radical (unpaired) electrons. The Kier molecular flexibility index (Phi) is 3.26. The Morgan fingerprint density at radius 2 is 1.77 bits per heavy atom. The molecule has 1 N–H and O–H groups in total. The van der Waals surface area contributed by atoms with Gasteiger partial charge in [0, 0.05) is 6.04 Å². The van der Waals surface area contributed by atoms with Crippen LogP contribution in [0.25, 0.3) is 0 Å². The first-order valence-corrected chi connectivity index (χ1v) is 6.13. The highest BCUT2D eigenvalue weighted by Crippen LogP contribution is 2.40. The van der Waals surface area contributed by atoms with E-state index in [0.29, 0.717) is 0 Å². The maximum Gasteiger partial charge on any atom is 0.00697 e. The van der Waals surface area contributed by atoms with Crippen LogP contribution in [0.2, 0.25) is 0 Å². The summed E-state index contributed by atoms with van der Waals surface area (Å²) in [7, 11) is 0. The van der Waals surface area contributed by atoms with Crippen LogP contribution in [0.15, 0.2) is 0 Å². The Morgan fingerprint density at radius 3 is 2.54 bits per heavy atom. The molecule has 0 aromatic heterocycles. The molecule has 2 aliphatic rings. The van der Waals surface area contributed by atoms with Crippen molar-refractivity contribution in [2.45, 2.75) is 57.9 Å². The van der Waals surface area contributed by atoms with Gasteiger partial charge in [-0.1, -0.05) is 32.6 Å². The minimum atomic E-state index is 0.851. The molecule has 2 aliphatic carbocycles. The summed E-state index contributed by atoms with van der Waals surface area (Å²) in [5.74, 6) is 2.18. The zero-order chi connectivity index (χ0) is 9.10. The van der Waals surface area contributed by atoms with Crippen LogP contribution < -0.4 is 5.32 Å². The molecule has 0 aromatic carbocycles. The largest absolute Gasteiger partial charge is 0.314 e. The average molecular weight is 181 g/mol. The van der Waals surface area contributed by atoms with Gasteiger partial charge in [0.2, 0.25) is 0 Å². The lowest BCUT2D eigenvalue weighted by Gasteiger charge is -2.39. The van der Waals surface area contributed by atoms with Gasteiger partial charge in [-0.25, -0.2) is 0 Å². The van der Waals surface area contributed by atoms with Gasteiger partial charge >= 0.3 is 0 Å². The van der Waals surface area contributed by atoms with E-state index < -0.39 is 0 Å². The number of hydrogen-bond acceptors (Lipinski definition) is 1. The third-order valence-corrected chi connectivity index (χ3v) is 4.03. The molecule has 0 amide bonds. The summed E-state index contributed by atoms with van der Waals surface area (Å²) in [5.41, 5.74) is 0. The van der Waals surface area contributed by atoms with E-state index in [-0.39, 0.29) is 0 Å². The summed E-state index contributed by atoms with van der Waals surface area (Å²) in [6.45, 7) is 3.38. The van der Waals surface area contributed by atoms with Crippen LogP contribution >= 0.6 is 0 Å². The van der Waals surface area contributed by atoms with Crippen molar-refractivity contribution < 1.29 is 0 Å². The fourth-order valence-corrected chi connectivity index (χ4v) is 3.35. The molecular weight excluding hydrogens is 158 g/mol. The first kappa shape index (κ1) is 9.51. The summed E-state index contributed by atoms with van der Waals surface area (Å²) in [4.78, 5) is 0. The second kappa shape index (κ2) is 4.45. The van der Waals surface area contributed by atoms with Crippen molar-refractivity contribution >= 4 is 0 Å². The number of fused-ring (bicyclic) bond motifs is 1. The summed E-state index contributed by atoms with van der Waals surface area (Å²) < 4.78 is 0. The van der Waals surface area contributed by atoms with Gasteiger partial charge in [0.05, 0.1) is 0 Å². The first-order chi connectivity index (χ1) is 6.40. The van der Waals surface area contributed by atoms with Gasteiger partial charge in [0.15, 0.2) is 0 Å². The third kappa shape index (κ3) is 2.25. The molecule has 0 aliphatic heterocycles. The van der Waals surface area contributed by atoms with Crippen LogP contribution in [0.4, 0.5) is 0 Å². The summed E-state index contributed by atoms with van der Waals surface area (Å²) >= 11 is 0. The van der Waals surface area contributed by atoms with Crippen LogP contribution in [0.1, 0.15) is 51.9 Å².